The summed E-state index contributed by atoms with van der Waals surface area (Å²) in [5.41, 5.74) is 3.23. The summed E-state index contributed by atoms with van der Waals surface area (Å²) < 4.78 is 0. The van der Waals surface area contributed by atoms with Crippen LogP contribution in [0.1, 0.15) is 33.2 Å². The molecule has 0 unspecified atom stereocenters. The predicted molar refractivity (Wildman–Crippen MR) is 126 cm³/mol. The molecule has 2 atom stereocenters. The van der Waals surface area contributed by atoms with E-state index in [4.69, 9.17) is 11.6 Å². The molecule has 180 valence electrons. The second kappa shape index (κ2) is 11.3. The molecule has 2 aromatic carbocycles. The van der Waals surface area contributed by atoms with Gasteiger partial charge < -0.3 is 15.5 Å². The van der Waals surface area contributed by atoms with E-state index in [9.17, 15) is 29.4 Å². The van der Waals surface area contributed by atoms with Gasteiger partial charge in [-0.05, 0) is 42.8 Å². The lowest BCUT2D eigenvalue weighted by atomic mass is 10.1. The van der Waals surface area contributed by atoms with Crippen LogP contribution in [0.25, 0.3) is 0 Å². The topological polar surface area (TPSA) is 148 Å². The van der Waals surface area contributed by atoms with Gasteiger partial charge in [0, 0.05) is 23.7 Å². The number of hydrazine groups is 1. The van der Waals surface area contributed by atoms with Gasteiger partial charge >= 0.3 is 5.97 Å². The standard InChI is InChI=1S/C22H23ClN4O6S/c1-12(22(32)33)26-27(21(31)18-10-34-11-25-18)20(30)16-6-5-14(8-17(16)23)19(29)24-9-13-3-2-4-15(28)7-13/h2-8,12,18,25-26,28H,9-11H2,1H3,(H,24,29)(H,32,33)/t12-,18-/m0/s1. The number of thioether (sulfide) groups is 1. The summed E-state index contributed by atoms with van der Waals surface area (Å²) in [6.07, 6.45) is 0. The molecule has 0 saturated carbocycles. The zero-order chi connectivity index (χ0) is 24.8. The minimum absolute atomic E-state index is 0.0738. The number of benzene rings is 2. The number of carbonyl (C=O) groups is 4. The highest BCUT2D eigenvalue weighted by atomic mass is 35.5. The number of hydrogen-bond donors (Lipinski definition) is 5. The van der Waals surface area contributed by atoms with E-state index in [0.717, 1.165) is 0 Å². The number of aliphatic carboxylic acids is 1. The SMILES string of the molecule is C[C@H](NN(C(=O)c1ccc(C(=O)NCc2cccc(O)c2)cc1Cl)C(=O)[C@@H]1CSCN1)C(=O)O. The van der Waals surface area contributed by atoms with Crippen LogP contribution in [0.2, 0.25) is 5.02 Å². The Hall–Kier alpha value is -3.12. The molecule has 0 aliphatic carbocycles. The molecule has 1 fully saturated rings. The molecule has 1 heterocycles. The number of amides is 3. The molecule has 0 spiro atoms. The summed E-state index contributed by atoms with van der Waals surface area (Å²) in [7, 11) is 0. The number of carboxylic acid groups (broad SMARTS) is 1. The Balaban J connectivity index is 1.76. The normalized spacial score (nSPS) is 16.0. The molecule has 5 N–H and O–H groups in total. The van der Waals surface area contributed by atoms with Gasteiger partial charge in [0.25, 0.3) is 17.7 Å². The lowest BCUT2D eigenvalue weighted by Crippen LogP contribution is -2.57. The van der Waals surface area contributed by atoms with Gasteiger partial charge in [0.2, 0.25) is 0 Å². The van der Waals surface area contributed by atoms with Crippen LogP contribution in [0, 0.1) is 0 Å². The molecule has 0 radical (unpaired) electrons. The van der Waals surface area contributed by atoms with Crippen LogP contribution in [0.3, 0.4) is 0 Å². The van der Waals surface area contributed by atoms with Gasteiger partial charge in [0.05, 0.1) is 16.6 Å². The lowest BCUT2D eigenvalue weighted by molar-refractivity contribution is -0.142. The minimum Gasteiger partial charge on any atom is -0.508 e. The van der Waals surface area contributed by atoms with E-state index in [-0.39, 0.29) is 28.4 Å². The molecule has 3 rings (SSSR count). The van der Waals surface area contributed by atoms with Crippen LogP contribution < -0.4 is 16.1 Å². The average Bonchev–Trinajstić information content (AvgIpc) is 3.35. The Morgan fingerprint density at radius 1 is 1.24 bits per heavy atom. The van der Waals surface area contributed by atoms with Crippen molar-refractivity contribution in [2.45, 2.75) is 25.6 Å². The zero-order valence-corrected chi connectivity index (χ0v) is 19.7. The van der Waals surface area contributed by atoms with Gasteiger partial charge in [-0.2, -0.15) is 0 Å². The molecule has 12 heteroatoms. The number of nitrogens with one attached hydrogen (secondary N) is 3. The summed E-state index contributed by atoms with van der Waals surface area (Å²) in [6.45, 7) is 1.46. The number of halogens is 1. The third kappa shape index (κ3) is 6.26. The number of hydrogen-bond acceptors (Lipinski definition) is 8. The molecule has 0 bridgehead atoms. The van der Waals surface area contributed by atoms with Crippen LogP contribution in [0.4, 0.5) is 0 Å². The molecule has 1 saturated heterocycles. The Bertz CT molecular complexity index is 1110. The molecular weight excluding hydrogens is 484 g/mol. The molecule has 10 nitrogen and oxygen atoms in total. The van der Waals surface area contributed by atoms with E-state index in [0.29, 0.717) is 22.2 Å². The van der Waals surface area contributed by atoms with E-state index in [1.54, 1.807) is 12.1 Å². The molecule has 0 aromatic heterocycles. The Labute approximate surface area is 204 Å². The number of carbonyl (C=O) groups excluding carboxylic acids is 3. The van der Waals surface area contributed by atoms with Gasteiger partial charge in [0.15, 0.2) is 0 Å². The largest absolute Gasteiger partial charge is 0.508 e. The Morgan fingerprint density at radius 2 is 2.00 bits per heavy atom. The lowest BCUT2D eigenvalue weighted by Gasteiger charge is -2.26. The summed E-state index contributed by atoms with van der Waals surface area (Å²) in [6, 6.07) is 8.52. The average molecular weight is 507 g/mol. The number of aromatic hydroxyl groups is 1. The second-order valence-corrected chi connectivity index (χ2v) is 8.92. The van der Waals surface area contributed by atoms with Crippen LogP contribution in [0.15, 0.2) is 42.5 Å². The van der Waals surface area contributed by atoms with Gasteiger partial charge in [-0.1, -0.05) is 23.7 Å². The number of carboxylic acids is 1. The van der Waals surface area contributed by atoms with Crippen molar-refractivity contribution in [3.05, 3.63) is 64.2 Å². The zero-order valence-electron chi connectivity index (χ0n) is 18.1. The summed E-state index contributed by atoms with van der Waals surface area (Å²) in [5, 5.41) is 24.9. The maximum Gasteiger partial charge on any atom is 0.322 e. The Morgan fingerprint density at radius 3 is 2.62 bits per heavy atom. The first-order chi connectivity index (χ1) is 16.2. The molecule has 1 aliphatic rings. The van der Waals surface area contributed by atoms with E-state index >= 15 is 0 Å². The molecule has 3 amide bonds. The highest BCUT2D eigenvalue weighted by molar-refractivity contribution is 7.99. The Kier molecular flexibility index (Phi) is 8.51. The minimum atomic E-state index is -1.25. The highest BCUT2D eigenvalue weighted by Crippen LogP contribution is 2.21. The van der Waals surface area contributed by atoms with Crippen molar-refractivity contribution in [2.75, 3.05) is 11.6 Å². The fourth-order valence-corrected chi connectivity index (χ4v) is 4.28. The van der Waals surface area contributed by atoms with Crippen LogP contribution in [-0.2, 0) is 16.1 Å². The number of rotatable bonds is 8. The summed E-state index contributed by atoms with van der Waals surface area (Å²) >= 11 is 7.75. The van der Waals surface area contributed by atoms with Crippen molar-refractivity contribution in [3.8, 4) is 5.75 Å². The van der Waals surface area contributed by atoms with Crippen molar-refractivity contribution in [1.29, 1.82) is 0 Å². The van der Waals surface area contributed by atoms with Crippen molar-refractivity contribution < 1.29 is 29.4 Å². The van der Waals surface area contributed by atoms with E-state index < -0.39 is 35.8 Å². The van der Waals surface area contributed by atoms with Crippen molar-refractivity contribution >= 4 is 47.1 Å². The number of phenols is 1. The van der Waals surface area contributed by atoms with Crippen LogP contribution in [0.5, 0.6) is 5.75 Å². The van der Waals surface area contributed by atoms with Gasteiger partial charge in [0.1, 0.15) is 11.8 Å². The van der Waals surface area contributed by atoms with E-state index in [1.807, 2.05) is 0 Å². The van der Waals surface area contributed by atoms with Crippen molar-refractivity contribution in [3.63, 3.8) is 0 Å². The summed E-state index contributed by atoms with van der Waals surface area (Å²) in [5.74, 6) is -2.14. The molecular formula is C22H23ClN4O6S. The van der Waals surface area contributed by atoms with Crippen molar-refractivity contribution in [1.82, 2.24) is 21.1 Å². The van der Waals surface area contributed by atoms with E-state index in [1.165, 1.54) is 49.0 Å². The monoisotopic (exact) mass is 506 g/mol. The number of imide groups is 1. The second-order valence-electron chi connectivity index (χ2n) is 7.49. The fourth-order valence-electron chi connectivity index (χ4n) is 3.08. The molecule has 2 aromatic rings. The first-order valence-corrected chi connectivity index (χ1v) is 11.7. The van der Waals surface area contributed by atoms with Crippen molar-refractivity contribution in [2.24, 2.45) is 0 Å². The first kappa shape index (κ1) is 25.5. The van der Waals surface area contributed by atoms with Crippen LogP contribution in [-0.4, -0.2) is 62.6 Å². The van der Waals surface area contributed by atoms with Crippen LogP contribution >= 0.6 is 23.4 Å². The fraction of sp³-hybridized carbons (Fsp3) is 0.273. The number of phenolic OH excluding ortho intramolecular Hbond substituents is 1. The maximum absolute atomic E-state index is 13.2. The molecule has 34 heavy (non-hydrogen) atoms. The third-order valence-corrected chi connectivity index (χ3v) is 6.21. The van der Waals surface area contributed by atoms with Gasteiger partial charge in [-0.15, -0.1) is 11.8 Å². The quantitative estimate of drug-likeness (QED) is 0.266. The van der Waals surface area contributed by atoms with E-state index in [2.05, 4.69) is 16.1 Å². The number of nitrogens with zero attached hydrogens (tertiary/aromatic N) is 1. The molecule has 1 aliphatic heterocycles. The van der Waals surface area contributed by atoms with Gasteiger partial charge in [-0.25, -0.2) is 10.4 Å². The predicted octanol–water partition coefficient (Wildman–Crippen LogP) is 1.58. The smallest absolute Gasteiger partial charge is 0.322 e. The third-order valence-electron chi connectivity index (χ3n) is 4.96. The summed E-state index contributed by atoms with van der Waals surface area (Å²) in [4.78, 5) is 49.8. The highest BCUT2D eigenvalue weighted by Gasteiger charge is 2.34. The first-order valence-electron chi connectivity index (χ1n) is 10.2. The van der Waals surface area contributed by atoms with Gasteiger partial charge in [-0.3, -0.25) is 24.5 Å². The maximum atomic E-state index is 13.2.